The largest absolute Gasteiger partial charge is 0.497 e. The Bertz CT molecular complexity index is 605. The summed E-state index contributed by atoms with van der Waals surface area (Å²) in [6, 6.07) is 12.7. The predicted octanol–water partition coefficient (Wildman–Crippen LogP) is 3.66. The summed E-state index contributed by atoms with van der Waals surface area (Å²) < 4.78 is 16.3. The number of aldehydes is 1. The van der Waals surface area contributed by atoms with Gasteiger partial charge in [-0.1, -0.05) is 12.1 Å². The molecular formula is C17H18O4. The van der Waals surface area contributed by atoms with Gasteiger partial charge in [-0.25, -0.2) is 0 Å². The topological polar surface area (TPSA) is 44.8 Å². The highest BCUT2D eigenvalue weighted by atomic mass is 16.5. The maximum Gasteiger partial charge on any atom is 0.162 e. The SMILES string of the molecule is COc1ccc(C(C)Oc2cc(C=O)ccc2OC)cc1. The summed E-state index contributed by atoms with van der Waals surface area (Å²) in [7, 11) is 3.20. The molecule has 0 aliphatic carbocycles. The molecule has 2 aromatic rings. The minimum Gasteiger partial charge on any atom is -0.497 e. The van der Waals surface area contributed by atoms with Crippen LogP contribution >= 0.6 is 0 Å². The van der Waals surface area contributed by atoms with E-state index in [0.717, 1.165) is 17.6 Å². The summed E-state index contributed by atoms with van der Waals surface area (Å²) in [5.74, 6) is 1.94. The fourth-order valence-corrected chi connectivity index (χ4v) is 1.99. The number of benzene rings is 2. The Kier molecular flexibility index (Phi) is 4.82. The summed E-state index contributed by atoms with van der Waals surface area (Å²) >= 11 is 0. The van der Waals surface area contributed by atoms with Crippen molar-refractivity contribution in [2.45, 2.75) is 13.0 Å². The molecule has 4 heteroatoms. The van der Waals surface area contributed by atoms with Crippen LogP contribution in [-0.2, 0) is 0 Å². The first-order valence-electron chi connectivity index (χ1n) is 6.61. The molecule has 0 saturated carbocycles. The molecule has 2 aromatic carbocycles. The molecule has 0 amide bonds. The van der Waals surface area contributed by atoms with Gasteiger partial charge in [0.2, 0.25) is 0 Å². The van der Waals surface area contributed by atoms with Gasteiger partial charge < -0.3 is 14.2 Å². The average Bonchev–Trinajstić information content (AvgIpc) is 2.54. The van der Waals surface area contributed by atoms with E-state index in [0.29, 0.717) is 17.1 Å². The zero-order valence-electron chi connectivity index (χ0n) is 12.3. The Labute approximate surface area is 124 Å². The van der Waals surface area contributed by atoms with E-state index in [1.165, 1.54) is 0 Å². The molecular weight excluding hydrogens is 268 g/mol. The van der Waals surface area contributed by atoms with Crippen LogP contribution in [0.15, 0.2) is 42.5 Å². The summed E-state index contributed by atoms with van der Waals surface area (Å²) in [4.78, 5) is 10.9. The summed E-state index contributed by atoms with van der Waals surface area (Å²) in [5.41, 5.74) is 1.56. The normalized spacial score (nSPS) is 11.6. The minimum absolute atomic E-state index is 0.174. The van der Waals surface area contributed by atoms with Crippen LogP contribution in [0.4, 0.5) is 0 Å². The second kappa shape index (κ2) is 6.79. The molecule has 0 radical (unpaired) electrons. The first-order valence-corrected chi connectivity index (χ1v) is 6.61. The molecule has 0 N–H and O–H groups in total. The lowest BCUT2D eigenvalue weighted by Crippen LogP contribution is -2.04. The molecule has 0 aromatic heterocycles. The molecule has 0 aliphatic rings. The Morgan fingerprint density at radius 3 is 2.24 bits per heavy atom. The van der Waals surface area contributed by atoms with Crippen molar-refractivity contribution in [3.63, 3.8) is 0 Å². The van der Waals surface area contributed by atoms with Crippen LogP contribution in [0.3, 0.4) is 0 Å². The van der Waals surface area contributed by atoms with E-state index < -0.39 is 0 Å². The van der Waals surface area contributed by atoms with Gasteiger partial charge in [0.25, 0.3) is 0 Å². The molecule has 0 fully saturated rings. The van der Waals surface area contributed by atoms with Crippen molar-refractivity contribution < 1.29 is 19.0 Å². The van der Waals surface area contributed by atoms with Gasteiger partial charge in [0, 0.05) is 5.56 Å². The van der Waals surface area contributed by atoms with E-state index in [4.69, 9.17) is 14.2 Å². The van der Waals surface area contributed by atoms with E-state index in [2.05, 4.69) is 0 Å². The van der Waals surface area contributed by atoms with E-state index in [1.54, 1.807) is 32.4 Å². The van der Waals surface area contributed by atoms with Crippen LogP contribution in [0.5, 0.6) is 17.2 Å². The van der Waals surface area contributed by atoms with Crippen molar-refractivity contribution in [1.29, 1.82) is 0 Å². The lowest BCUT2D eigenvalue weighted by molar-refractivity contribution is 0.112. The van der Waals surface area contributed by atoms with Crippen molar-refractivity contribution in [2.75, 3.05) is 14.2 Å². The number of carbonyl (C=O) groups excluding carboxylic acids is 1. The molecule has 0 spiro atoms. The highest BCUT2D eigenvalue weighted by molar-refractivity contribution is 5.76. The molecule has 110 valence electrons. The molecule has 21 heavy (non-hydrogen) atoms. The van der Waals surface area contributed by atoms with Gasteiger partial charge >= 0.3 is 0 Å². The van der Waals surface area contributed by atoms with Crippen molar-refractivity contribution in [3.05, 3.63) is 53.6 Å². The Balaban J connectivity index is 2.21. The van der Waals surface area contributed by atoms with Crippen LogP contribution in [0.2, 0.25) is 0 Å². The fourth-order valence-electron chi connectivity index (χ4n) is 1.99. The van der Waals surface area contributed by atoms with Crippen molar-refractivity contribution >= 4 is 6.29 Å². The molecule has 0 bridgehead atoms. The Morgan fingerprint density at radius 2 is 1.67 bits per heavy atom. The third-order valence-corrected chi connectivity index (χ3v) is 3.21. The van der Waals surface area contributed by atoms with E-state index in [9.17, 15) is 4.79 Å². The van der Waals surface area contributed by atoms with Crippen molar-refractivity contribution in [3.8, 4) is 17.2 Å². The Morgan fingerprint density at radius 1 is 0.952 bits per heavy atom. The number of rotatable bonds is 6. The highest BCUT2D eigenvalue weighted by Crippen LogP contribution is 2.32. The number of carbonyl (C=O) groups is 1. The minimum atomic E-state index is -0.174. The number of hydrogen-bond donors (Lipinski definition) is 0. The Hall–Kier alpha value is -2.49. The number of methoxy groups -OCH3 is 2. The zero-order valence-corrected chi connectivity index (χ0v) is 12.3. The maximum atomic E-state index is 10.9. The van der Waals surface area contributed by atoms with Crippen molar-refractivity contribution in [2.24, 2.45) is 0 Å². The first-order chi connectivity index (χ1) is 10.2. The molecule has 0 aliphatic heterocycles. The van der Waals surface area contributed by atoms with Crippen LogP contribution in [0.1, 0.15) is 28.9 Å². The van der Waals surface area contributed by atoms with Gasteiger partial charge in [-0.05, 0) is 42.8 Å². The molecule has 4 nitrogen and oxygen atoms in total. The average molecular weight is 286 g/mol. The second-order valence-electron chi connectivity index (χ2n) is 4.56. The van der Waals surface area contributed by atoms with E-state index >= 15 is 0 Å². The fraction of sp³-hybridized carbons (Fsp3) is 0.235. The summed E-state index contributed by atoms with van der Waals surface area (Å²) in [6.45, 7) is 1.94. The monoisotopic (exact) mass is 286 g/mol. The van der Waals surface area contributed by atoms with Crippen LogP contribution in [-0.4, -0.2) is 20.5 Å². The van der Waals surface area contributed by atoms with E-state index in [1.807, 2.05) is 31.2 Å². The smallest absolute Gasteiger partial charge is 0.162 e. The lowest BCUT2D eigenvalue weighted by Gasteiger charge is -2.17. The molecule has 1 atom stereocenters. The molecule has 0 heterocycles. The standard InChI is InChI=1S/C17H18O4/c1-12(14-5-7-15(19-2)8-6-14)21-17-10-13(11-18)4-9-16(17)20-3/h4-12H,1-3H3. The molecule has 1 unspecified atom stereocenters. The molecule has 0 saturated heterocycles. The van der Waals surface area contributed by atoms with Crippen molar-refractivity contribution in [1.82, 2.24) is 0 Å². The maximum absolute atomic E-state index is 10.9. The number of ether oxygens (including phenoxy) is 3. The zero-order chi connectivity index (χ0) is 15.2. The third kappa shape index (κ3) is 3.54. The van der Waals surface area contributed by atoms with Gasteiger partial charge in [0.15, 0.2) is 11.5 Å². The van der Waals surface area contributed by atoms with E-state index in [-0.39, 0.29) is 6.10 Å². The molecule has 2 rings (SSSR count). The third-order valence-electron chi connectivity index (χ3n) is 3.21. The van der Waals surface area contributed by atoms with Gasteiger partial charge in [-0.2, -0.15) is 0 Å². The second-order valence-corrected chi connectivity index (χ2v) is 4.56. The van der Waals surface area contributed by atoms with Gasteiger partial charge in [0.05, 0.1) is 14.2 Å². The summed E-state index contributed by atoms with van der Waals surface area (Å²) in [5, 5.41) is 0. The van der Waals surface area contributed by atoms with Gasteiger partial charge in [0.1, 0.15) is 18.1 Å². The van der Waals surface area contributed by atoms with Gasteiger partial charge in [-0.15, -0.1) is 0 Å². The highest BCUT2D eigenvalue weighted by Gasteiger charge is 2.12. The quantitative estimate of drug-likeness (QED) is 0.760. The summed E-state index contributed by atoms with van der Waals surface area (Å²) in [6.07, 6.45) is 0.608. The van der Waals surface area contributed by atoms with Crippen LogP contribution in [0.25, 0.3) is 0 Å². The number of hydrogen-bond acceptors (Lipinski definition) is 4. The van der Waals surface area contributed by atoms with Crippen LogP contribution in [0, 0.1) is 0 Å². The lowest BCUT2D eigenvalue weighted by atomic mass is 10.1. The predicted molar refractivity (Wildman–Crippen MR) is 80.4 cm³/mol. The van der Waals surface area contributed by atoms with Gasteiger partial charge in [-0.3, -0.25) is 4.79 Å². The van der Waals surface area contributed by atoms with Crippen LogP contribution < -0.4 is 14.2 Å². The first kappa shape index (κ1) is 14.9.